The molecule has 1 N–H and O–H groups in total. The quantitative estimate of drug-likeness (QED) is 0.840. The molecule has 6 nitrogen and oxygen atoms in total. The third-order valence-electron chi connectivity index (χ3n) is 4.34. The normalized spacial score (nSPS) is 14.4. The molecule has 2 aromatic rings. The first-order chi connectivity index (χ1) is 12.4. The van der Waals surface area contributed by atoms with Crippen molar-refractivity contribution in [1.82, 2.24) is 4.90 Å². The van der Waals surface area contributed by atoms with Gasteiger partial charge < -0.3 is 10.1 Å². The molecule has 0 aromatic heterocycles. The molecule has 1 aliphatic heterocycles. The first-order valence-electron chi connectivity index (χ1n) is 8.36. The summed E-state index contributed by atoms with van der Waals surface area (Å²) in [5.74, 6) is -0.939. The summed E-state index contributed by atoms with van der Waals surface area (Å²) in [5.41, 5.74) is 1.20. The standard InChI is InChI=1S/C20H20N2O4/c1-12(2)17(18(23)21-13-7-6-8-14(11-13)26-3)22-19(24)15-9-4-5-10-16(15)20(22)25/h4-12,17H,1-3H3,(H,21,23)/t17-/m1/s1. The summed E-state index contributed by atoms with van der Waals surface area (Å²) in [6.45, 7) is 3.61. The SMILES string of the molecule is COc1cccc(NC(=O)[C@@H](C(C)C)N2C(=O)c3ccccc3C2=O)c1. The Morgan fingerprint density at radius 2 is 1.62 bits per heavy atom. The van der Waals surface area contributed by atoms with Crippen molar-refractivity contribution >= 4 is 23.4 Å². The van der Waals surface area contributed by atoms with Crippen LogP contribution >= 0.6 is 0 Å². The molecule has 0 saturated heterocycles. The number of carbonyl (C=O) groups is 3. The average molecular weight is 352 g/mol. The Balaban J connectivity index is 1.89. The Morgan fingerprint density at radius 3 is 2.15 bits per heavy atom. The van der Waals surface area contributed by atoms with E-state index in [2.05, 4.69) is 5.32 Å². The molecule has 3 amide bonds. The Kier molecular flexibility index (Phi) is 4.75. The zero-order chi connectivity index (χ0) is 18.8. The Labute approximate surface area is 151 Å². The van der Waals surface area contributed by atoms with Crippen molar-refractivity contribution in [2.45, 2.75) is 19.9 Å². The lowest BCUT2D eigenvalue weighted by atomic mass is 10.0. The third kappa shape index (κ3) is 3.06. The Hall–Kier alpha value is -3.15. The molecule has 134 valence electrons. The molecule has 2 aromatic carbocycles. The molecule has 1 atom stereocenters. The summed E-state index contributed by atoms with van der Waals surface area (Å²) in [4.78, 5) is 39.4. The summed E-state index contributed by atoms with van der Waals surface area (Å²) >= 11 is 0. The molecule has 3 rings (SSSR count). The van der Waals surface area contributed by atoms with Gasteiger partial charge in [0.25, 0.3) is 11.8 Å². The van der Waals surface area contributed by atoms with E-state index < -0.39 is 23.8 Å². The second kappa shape index (κ2) is 7.00. The highest BCUT2D eigenvalue weighted by Crippen LogP contribution is 2.28. The summed E-state index contributed by atoms with van der Waals surface area (Å²) < 4.78 is 5.15. The summed E-state index contributed by atoms with van der Waals surface area (Å²) in [6.07, 6.45) is 0. The molecular weight excluding hydrogens is 332 g/mol. The van der Waals surface area contributed by atoms with Gasteiger partial charge in [0.2, 0.25) is 5.91 Å². The van der Waals surface area contributed by atoms with Crippen LogP contribution < -0.4 is 10.1 Å². The number of fused-ring (bicyclic) bond motifs is 1. The lowest BCUT2D eigenvalue weighted by molar-refractivity contribution is -0.121. The van der Waals surface area contributed by atoms with E-state index in [4.69, 9.17) is 4.74 Å². The van der Waals surface area contributed by atoms with Gasteiger partial charge in [-0.3, -0.25) is 19.3 Å². The van der Waals surface area contributed by atoms with Crippen LogP contribution in [-0.2, 0) is 4.79 Å². The Morgan fingerprint density at radius 1 is 1.00 bits per heavy atom. The predicted octanol–water partition coefficient (Wildman–Crippen LogP) is 2.95. The van der Waals surface area contributed by atoms with Crippen LogP contribution in [0, 0.1) is 5.92 Å². The smallest absolute Gasteiger partial charge is 0.262 e. The van der Waals surface area contributed by atoms with Gasteiger partial charge in [-0.2, -0.15) is 0 Å². The molecule has 0 radical (unpaired) electrons. The minimum absolute atomic E-state index is 0.247. The number of anilines is 1. The van der Waals surface area contributed by atoms with Crippen LogP contribution in [0.2, 0.25) is 0 Å². The van der Waals surface area contributed by atoms with Crippen molar-refractivity contribution in [2.24, 2.45) is 5.92 Å². The molecule has 26 heavy (non-hydrogen) atoms. The first-order valence-corrected chi connectivity index (χ1v) is 8.36. The van der Waals surface area contributed by atoms with Gasteiger partial charge in [0.15, 0.2) is 0 Å². The number of hydrogen-bond acceptors (Lipinski definition) is 4. The molecule has 0 fully saturated rings. The molecule has 6 heteroatoms. The van der Waals surface area contributed by atoms with E-state index in [1.807, 2.05) is 0 Å². The highest BCUT2D eigenvalue weighted by atomic mass is 16.5. The summed E-state index contributed by atoms with van der Waals surface area (Å²) in [6, 6.07) is 12.6. The predicted molar refractivity (Wildman–Crippen MR) is 97.2 cm³/mol. The number of carbonyl (C=O) groups excluding carboxylic acids is 3. The van der Waals surface area contributed by atoms with Crippen LogP contribution in [0.4, 0.5) is 5.69 Å². The maximum atomic E-state index is 12.9. The second-order valence-electron chi connectivity index (χ2n) is 6.44. The number of nitrogens with zero attached hydrogens (tertiary/aromatic N) is 1. The van der Waals surface area contributed by atoms with Crippen LogP contribution in [0.3, 0.4) is 0 Å². The van der Waals surface area contributed by atoms with Crippen molar-refractivity contribution in [3.63, 3.8) is 0 Å². The molecule has 0 bridgehead atoms. The van der Waals surface area contributed by atoms with Gasteiger partial charge in [0.05, 0.1) is 18.2 Å². The van der Waals surface area contributed by atoms with Gasteiger partial charge in [0.1, 0.15) is 11.8 Å². The van der Waals surface area contributed by atoms with Crippen molar-refractivity contribution in [2.75, 3.05) is 12.4 Å². The van der Waals surface area contributed by atoms with E-state index in [0.29, 0.717) is 22.6 Å². The number of imide groups is 1. The summed E-state index contributed by atoms with van der Waals surface area (Å²) in [7, 11) is 1.54. The number of benzene rings is 2. The third-order valence-corrected chi connectivity index (χ3v) is 4.34. The monoisotopic (exact) mass is 352 g/mol. The van der Waals surface area contributed by atoms with E-state index in [1.165, 1.54) is 7.11 Å². The highest BCUT2D eigenvalue weighted by molar-refractivity contribution is 6.23. The number of amides is 3. The number of nitrogens with one attached hydrogen (secondary N) is 1. The number of hydrogen-bond donors (Lipinski definition) is 1. The van der Waals surface area contributed by atoms with Gasteiger partial charge in [-0.1, -0.05) is 32.0 Å². The largest absolute Gasteiger partial charge is 0.497 e. The fourth-order valence-corrected chi connectivity index (χ4v) is 3.10. The fourth-order valence-electron chi connectivity index (χ4n) is 3.10. The van der Waals surface area contributed by atoms with Gasteiger partial charge in [-0.05, 0) is 30.2 Å². The van der Waals surface area contributed by atoms with Gasteiger partial charge in [0, 0.05) is 11.8 Å². The van der Waals surface area contributed by atoms with Crippen LogP contribution in [0.1, 0.15) is 34.6 Å². The molecule has 0 aliphatic carbocycles. The molecule has 0 saturated carbocycles. The molecule has 1 heterocycles. The van der Waals surface area contributed by atoms with Crippen LogP contribution in [0.25, 0.3) is 0 Å². The number of ether oxygens (including phenoxy) is 1. The number of rotatable bonds is 5. The topological polar surface area (TPSA) is 75.7 Å². The number of methoxy groups -OCH3 is 1. The van der Waals surface area contributed by atoms with Crippen molar-refractivity contribution in [3.05, 3.63) is 59.7 Å². The lowest BCUT2D eigenvalue weighted by Gasteiger charge is -2.28. The Bertz CT molecular complexity index is 841. The van der Waals surface area contributed by atoms with E-state index in [-0.39, 0.29) is 5.92 Å². The minimum atomic E-state index is -0.909. The van der Waals surface area contributed by atoms with Crippen LogP contribution in [0.5, 0.6) is 5.75 Å². The van der Waals surface area contributed by atoms with E-state index in [9.17, 15) is 14.4 Å². The highest BCUT2D eigenvalue weighted by Gasteiger charge is 2.43. The maximum Gasteiger partial charge on any atom is 0.262 e. The van der Waals surface area contributed by atoms with Crippen molar-refractivity contribution < 1.29 is 19.1 Å². The van der Waals surface area contributed by atoms with Gasteiger partial charge in [-0.25, -0.2) is 0 Å². The molecule has 0 unspecified atom stereocenters. The van der Waals surface area contributed by atoms with Crippen molar-refractivity contribution in [3.8, 4) is 5.75 Å². The molecule has 0 spiro atoms. The molecule has 1 aliphatic rings. The first kappa shape index (κ1) is 17.7. The van der Waals surface area contributed by atoms with E-state index in [0.717, 1.165) is 4.90 Å². The zero-order valence-electron chi connectivity index (χ0n) is 14.9. The fraction of sp³-hybridized carbons (Fsp3) is 0.250. The second-order valence-corrected chi connectivity index (χ2v) is 6.44. The average Bonchev–Trinajstić information content (AvgIpc) is 2.87. The van der Waals surface area contributed by atoms with Crippen LogP contribution in [0.15, 0.2) is 48.5 Å². The maximum absolute atomic E-state index is 12.9. The van der Waals surface area contributed by atoms with Gasteiger partial charge in [-0.15, -0.1) is 0 Å². The van der Waals surface area contributed by atoms with Crippen LogP contribution in [-0.4, -0.2) is 35.8 Å². The van der Waals surface area contributed by atoms with E-state index >= 15 is 0 Å². The van der Waals surface area contributed by atoms with Gasteiger partial charge >= 0.3 is 0 Å². The van der Waals surface area contributed by atoms with E-state index in [1.54, 1.807) is 62.4 Å². The summed E-state index contributed by atoms with van der Waals surface area (Å²) in [5, 5.41) is 2.78. The molecular formula is C20H20N2O4. The zero-order valence-corrected chi connectivity index (χ0v) is 14.9. The lowest BCUT2D eigenvalue weighted by Crippen LogP contribution is -2.50. The van der Waals surface area contributed by atoms with Crippen molar-refractivity contribution in [1.29, 1.82) is 0 Å². The minimum Gasteiger partial charge on any atom is -0.497 e.